The maximum atomic E-state index is 11.3. The highest BCUT2D eigenvalue weighted by atomic mass is 16.5. The average Bonchev–Trinajstić information content (AvgIpc) is 3.72. The van der Waals surface area contributed by atoms with Crippen molar-refractivity contribution in [2.75, 3.05) is 7.05 Å². The number of hydroxylamine groups is 1. The summed E-state index contributed by atoms with van der Waals surface area (Å²) in [7, 11) is 1.42. The predicted molar refractivity (Wildman–Crippen MR) is 138 cm³/mol. The van der Waals surface area contributed by atoms with Crippen molar-refractivity contribution in [2.45, 2.75) is 59.5 Å². The highest BCUT2D eigenvalue weighted by Gasteiger charge is 2.23. The lowest BCUT2D eigenvalue weighted by molar-refractivity contribution is -0.139. The molecule has 35 heavy (non-hydrogen) atoms. The van der Waals surface area contributed by atoms with Crippen molar-refractivity contribution >= 4 is 17.6 Å². The van der Waals surface area contributed by atoms with Crippen LogP contribution in [0.5, 0.6) is 0 Å². The second kappa shape index (κ2) is 15.4. The Morgan fingerprint density at radius 1 is 0.886 bits per heavy atom. The molecule has 1 fully saturated rings. The van der Waals surface area contributed by atoms with Gasteiger partial charge < -0.3 is 10.6 Å². The number of Topliss-reactive ketones (excluding diaryl/α,β-unsaturated/α-hetero) is 1. The van der Waals surface area contributed by atoms with Gasteiger partial charge in [0.15, 0.2) is 5.78 Å². The van der Waals surface area contributed by atoms with E-state index in [9.17, 15) is 14.4 Å². The minimum Gasteiger partial charge on any atom is -0.358 e. The fourth-order valence-electron chi connectivity index (χ4n) is 2.92. The molecule has 0 aromatic heterocycles. The third kappa shape index (κ3) is 10.6. The molecule has 7 nitrogen and oxygen atoms in total. The van der Waals surface area contributed by atoms with Crippen LogP contribution in [0.3, 0.4) is 0 Å². The number of ketones is 1. The molecule has 0 bridgehead atoms. The molecule has 0 spiro atoms. The van der Waals surface area contributed by atoms with Gasteiger partial charge in [0.1, 0.15) is 5.92 Å². The van der Waals surface area contributed by atoms with E-state index in [0.29, 0.717) is 12.1 Å². The Balaban J connectivity index is 0.000000433. The summed E-state index contributed by atoms with van der Waals surface area (Å²) in [4.78, 5) is 32.4. The van der Waals surface area contributed by atoms with Crippen LogP contribution in [0.2, 0.25) is 0 Å². The van der Waals surface area contributed by atoms with Crippen molar-refractivity contribution in [3.05, 3.63) is 70.8 Å². The van der Waals surface area contributed by atoms with Crippen LogP contribution in [0.15, 0.2) is 48.5 Å². The van der Waals surface area contributed by atoms with E-state index in [2.05, 4.69) is 53.7 Å². The van der Waals surface area contributed by atoms with E-state index in [-0.39, 0.29) is 5.78 Å². The molecule has 2 atom stereocenters. The molecule has 1 saturated carbocycles. The third-order valence-electron chi connectivity index (χ3n) is 5.26. The van der Waals surface area contributed by atoms with Crippen molar-refractivity contribution < 1.29 is 19.6 Å². The second-order valence-electron chi connectivity index (χ2n) is 7.98. The molecule has 1 aliphatic rings. The smallest absolute Gasteiger partial charge is 0.255 e. The first-order valence-electron chi connectivity index (χ1n) is 11.9. The first-order valence-corrected chi connectivity index (χ1v) is 11.9. The van der Waals surface area contributed by atoms with Crippen molar-refractivity contribution in [1.82, 2.24) is 16.1 Å². The molecule has 2 aromatic rings. The van der Waals surface area contributed by atoms with Crippen molar-refractivity contribution in [1.29, 1.82) is 0 Å². The summed E-state index contributed by atoms with van der Waals surface area (Å²) in [6.45, 7) is 9.17. The summed E-state index contributed by atoms with van der Waals surface area (Å²) in [5.41, 5.74) is 5.32. The molecule has 0 aliphatic heterocycles. The third-order valence-corrected chi connectivity index (χ3v) is 5.26. The van der Waals surface area contributed by atoms with Gasteiger partial charge in [-0.25, -0.2) is 5.48 Å². The van der Waals surface area contributed by atoms with Gasteiger partial charge in [-0.05, 0) is 63.4 Å². The van der Waals surface area contributed by atoms with Crippen LogP contribution in [0.4, 0.5) is 0 Å². The predicted octanol–water partition coefficient (Wildman–Crippen LogP) is 4.00. The van der Waals surface area contributed by atoms with Crippen LogP contribution >= 0.6 is 0 Å². The summed E-state index contributed by atoms with van der Waals surface area (Å²) >= 11 is 0. The van der Waals surface area contributed by atoms with E-state index < -0.39 is 17.7 Å². The standard InChI is InChI=1S/C21H21NO.C5H10N2O3.C2H6/c1-15(22-21-13-14-21)19-9-5-17(6-10-19)3-4-18-7-11-20(12-8-18)16(2)23;1-3(4(8)6-2)5(9)7-10;1-2/h5-12,15,21-22H,13-14H2,1-2H3;3,10H,1-2H3,(H,6,8)(H,7,9);1-2H3. The first kappa shape index (κ1) is 29.6. The van der Waals surface area contributed by atoms with E-state index in [1.807, 2.05) is 38.1 Å². The quantitative estimate of drug-likeness (QED) is 0.165. The highest BCUT2D eigenvalue weighted by Crippen LogP contribution is 2.24. The van der Waals surface area contributed by atoms with E-state index in [4.69, 9.17) is 5.21 Å². The maximum absolute atomic E-state index is 11.3. The van der Waals surface area contributed by atoms with Crippen LogP contribution < -0.4 is 16.1 Å². The summed E-state index contributed by atoms with van der Waals surface area (Å²) in [6, 6.07) is 16.9. The molecule has 0 saturated heterocycles. The zero-order chi connectivity index (χ0) is 26.4. The highest BCUT2D eigenvalue weighted by molar-refractivity contribution is 5.99. The van der Waals surface area contributed by atoms with E-state index in [0.717, 1.165) is 16.7 Å². The van der Waals surface area contributed by atoms with Gasteiger partial charge in [-0.15, -0.1) is 0 Å². The second-order valence-corrected chi connectivity index (χ2v) is 7.98. The van der Waals surface area contributed by atoms with Gasteiger partial charge in [0, 0.05) is 35.8 Å². The molecular formula is C28H37N3O4. The molecule has 3 rings (SSSR count). The van der Waals surface area contributed by atoms with Crippen molar-refractivity contribution in [3.8, 4) is 11.8 Å². The van der Waals surface area contributed by atoms with Crippen molar-refractivity contribution in [3.63, 3.8) is 0 Å². The molecule has 4 N–H and O–H groups in total. The van der Waals surface area contributed by atoms with Gasteiger partial charge in [-0.2, -0.15) is 0 Å². The van der Waals surface area contributed by atoms with Crippen LogP contribution in [0.1, 0.15) is 80.6 Å². The molecule has 2 amide bonds. The first-order chi connectivity index (χ1) is 16.7. The summed E-state index contributed by atoms with van der Waals surface area (Å²) < 4.78 is 0. The van der Waals surface area contributed by atoms with Gasteiger partial charge >= 0.3 is 0 Å². The van der Waals surface area contributed by atoms with Crippen molar-refractivity contribution in [2.24, 2.45) is 5.92 Å². The number of carbonyl (C=O) groups excluding carboxylic acids is 3. The number of hydrogen-bond donors (Lipinski definition) is 4. The van der Waals surface area contributed by atoms with Gasteiger partial charge in [0.25, 0.3) is 5.91 Å². The van der Waals surface area contributed by atoms with E-state index >= 15 is 0 Å². The lowest BCUT2D eigenvalue weighted by Crippen LogP contribution is -2.36. The van der Waals surface area contributed by atoms with E-state index in [1.54, 1.807) is 6.92 Å². The lowest BCUT2D eigenvalue weighted by atomic mass is 10.1. The number of rotatable bonds is 6. The van der Waals surface area contributed by atoms with Crippen LogP contribution in [-0.4, -0.2) is 35.9 Å². The SMILES string of the molecule is CC.CC(=O)c1ccc(C#Cc2ccc(C(C)NC3CC3)cc2)cc1.CNC(=O)C(C)C(=O)NO. The minimum absolute atomic E-state index is 0.0778. The van der Waals surface area contributed by atoms with Gasteiger partial charge in [-0.1, -0.05) is 50.0 Å². The Labute approximate surface area is 208 Å². The molecule has 2 aromatic carbocycles. The summed E-state index contributed by atoms with van der Waals surface area (Å²) in [5, 5.41) is 13.9. The minimum atomic E-state index is -0.852. The molecule has 7 heteroatoms. The monoisotopic (exact) mass is 479 g/mol. The number of amides is 2. The Bertz CT molecular complexity index is 1000. The largest absolute Gasteiger partial charge is 0.358 e. The van der Waals surface area contributed by atoms with Crippen LogP contribution in [0.25, 0.3) is 0 Å². The van der Waals surface area contributed by atoms with Crippen LogP contribution in [-0.2, 0) is 9.59 Å². The fraction of sp³-hybridized carbons (Fsp3) is 0.393. The van der Waals surface area contributed by atoms with Gasteiger partial charge in [-0.3, -0.25) is 19.6 Å². The van der Waals surface area contributed by atoms with Gasteiger partial charge in [0.05, 0.1) is 0 Å². The average molecular weight is 480 g/mol. The van der Waals surface area contributed by atoms with Crippen LogP contribution in [0, 0.1) is 17.8 Å². The Morgan fingerprint density at radius 2 is 1.37 bits per heavy atom. The molecule has 0 radical (unpaired) electrons. The number of carbonyl (C=O) groups is 3. The molecule has 188 valence electrons. The van der Waals surface area contributed by atoms with Gasteiger partial charge in [0.2, 0.25) is 5.91 Å². The Hall–Kier alpha value is -3.47. The Morgan fingerprint density at radius 3 is 1.77 bits per heavy atom. The molecular weight excluding hydrogens is 442 g/mol. The molecule has 2 unspecified atom stereocenters. The maximum Gasteiger partial charge on any atom is 0.255 e. The fourth-order valence-corrected chi connectivity index (χ4v) is 2.92. The topological polar surface area (TPSA) is 108 Å². The zero-order valence-electron chi connectivity index (χ0n) is 21.4. The summed E-state index contributed by atoms with van der Waals surface area (Å²) in [6.07, 6.45) is 2.60. The Kier molecular flexibility index (Phi) is 13.0. The number of benzene rings is 2. The van der Waals surface area contributed by atoms with E-state index in [1.165, 1.54) is 37.9 Å². The zero-order valence-corrected chi connectivity index (χ0v) is 21.4. The molecule has 1 aliphatic carbocycles. The number of nitrogens with one attached hydrogen (secondary N) is 3. The number of hydrogen-bond acceptors (Lipinski definition) is 5. The molecule has 0 heterocycles. The summed E-state index contributed by atoms with van der Waals surface area (Å²) in [5.74, 6) is 4.41. The normalized spacial score (nSPS) is 13.2. The lowest BCUT2D eigenvalue weighted by Gasteiger charge is -2.13.